The van der Waals surface area contributed by atoms with Gasteiger partial charge in [-0.3, -0.25) is 9.69 Å². The molecule has 0 unspecified atom stereocenters. The average Bonchev–Trinajstić information content (AvgIpc) is 3.02. The van der Waals surface area contributed by atoms with Crippen molar-refractivity contribution >= 4 is 22.2 Å². The van der Waals surface area contributed by atoms with Crippen molar-refractivity contribution in [2.45, 2.75) is 20.4 Å². The van der Waals surface area contributed by atoms with E-state index in [-0.39, 0.29) is 5.91 Å². The molecule has 3 rings (SSSR count). The van der Waals surface area contributed by atoms with Gasteiger partial charge in [0.2, 0.25) is 5.91 Å². The number of carbonyl (C=O) groups excluding carboxylic acids is 1. The van der Waals surface area contributed by atoms with Crippen LogP contribution in [0.3, 0.4) is 0 Å². The van der Waals surface area contributed by atoms with Crippen molar-refractivity contribution in [3.05, 3.63) is 71.4 Å². The smallest absolute Gasteiger partial charge is 0.224 e. The normalized spacial score (nSPS) is 10.3. The number of hydrogen-bond acceptors (Lipinski definition) is 4. The van der Waals surface area contributed by atoms with Crippen LogP contribution in [-0.4, -0.2) is 10.9 Å². The van der Waals surface area contributed by atoms with Gasteiger partial charge < -0.3 is 0 Å². The maximum atomic E-state index is 12.2. The van der Waals surface area contributed by atoms with Crippen LogP contribution >= 0.6 is 11.3 Å². The van der Waals surface area contributed by atoms with Crippen molar-refractivity contribution in [3.63, 3.8) is 0 Å². The Kier molecular flexibility index (Phi) is 4.92. The molecule has 5 heteroatoms. The van der Waals surface area contributed by atoms with Crippen molar-refractivity contribution in [1.82, 2.24) is 4.98 Å². The van der Waals surface area contributed by atoms with E-state index in [0.717, 1.165) is 26.8 Å². The van der Waals surface area contributed by atoms with Gasteiger partial charge in [0, 0.05) is 12.5 Å². The molecule has 0 aliphatic rings. The molecule has 0 fully saturated rings. The summed E-state index contributed by atoms with van der Waals surface area (Å²) in [5.74, 6) is -0.0475. The summed E-state index contributed by atoms with van der Waals surface area (Å²) in [5.41, 5.74) is 3.38. The molecule has 0 aliphatic heterocycles. The molecule has 124 valence electrons. The quantitative estimate of drug-likeness (QED) is 0.696. The molecule has 2 aromatic carbocycles. The van der Waals surface area contributed by atoms with Crippen LogP contribution in [-0.2, 0) is 11.3 Å². The molecule has 0 N–H and O–H groups in total. The molecule has 1 heterocycles. The van der Waals surface area contributed by atoms with Crippen molar-refractivity contribution in [2.75, 3.05) is 4.90 Å². The molecule has 0 saturated carbocycles. The van der Waals surface area contributed by atoms with E-state index in [1.165, 1.54) is 11.3 Å². The number of benzene rings is 2. The molecule has 0 bridgehead atoms. The van der Waals surface area contributed by atoms with E-state index in [1.54, 1.807) is 17.9 Å². The second-order valence-corrected chi connectivity index (χ2v) is 6.67. The molecule has 0 radical (unpaired) electrons. The van der Waals surface area contributed by atoms with E-state index in [2.05, 4.69) is 11.1 Å². The van der Waals surface area contributed by atoms with E-state index in [1.807, 2.05) is 55.5 Å². The lowest BCUT2D eigenvalue weighted by molar-refractivity contribution is -0.116. The van der Waals surface area contributed by atoms with Gasteiger partial charge in [0.25, 0.3) is 0 Å². The number of nitriles is 1. The Bertz CT molecular complexity index is 941. The lowest BCUT2D eigenvalue weighted by Crippen LogP contribution is -2.27. The number of carbonyl (C=O) groups is 1. The van der Waals surface area contributed by atoms with Crippen LogP contribution in [0, 0.1) is 18.3 Å². The molecule has 1 aromatic heterocycles. The summed E-state index contributed by atoms with van der Waals surface area (Å²) in [6.07, 6.45) is 0. The van der Waals surface area contributed by atoms with Crippen molar-refractivity contribution < 1.29 is 4.79 Å². The maximum Gasteiger partial charge on any atom is 0.224 e. The highest BCUT2D eigenvalue weighted by atomic mass is 32.1. The molecule has 0 saturated heterocycles. The van der Waals surface area contributed by atoms with E-state index >= 15 is 0 Å². The van der Waals surface area contributed by atoms with Gasteiger partial charge in [0.05, 0.1) is 23.9 Å². The first kappa shape index (κ1) is 16.9. The van der Waals surface area contributed by atoms with Gasteiger partial charge in [0.15, 0.2) is 0 Å². The third-order valence-electron chi connectivity index (χ3n) is 3.81. The third kappa shape index (κ3) is 3.76. The van der Waals surface area contributed by atoms with E-state index in [0.29, 0.717) is 12.1 Å². The second kappa shape index (κ2) is 7.29. The molecule has 0 aliphatic carbocycles. The van der Waals surface area contributed by atoms with Gasteiger partial charge in [-0.15, -0.1) is 0 Å². The summed E-state index contributed by atoms with van der Waals surface area (Å²) in [5, 5.41) is 10.8. The largest absolute Gasteiger partial charge is 0.298 e. The molecule has 0 atom stereocenters. The minimum atomic E-state index is -0.0475. The van der Waals surface area contributed by atoms with Gasteiger partial charge in [-0.1, -0.05) is 53.8 Å². The summed E-state index contributed by atoms with van der Waals surface area (Å²) in [7, 11) is 0. The van der Waals surface area contributed by atoms with Crippen molar-refractivity contribution in [3.8, 4) is 16.6 Å². The zero-order valence-corrected chi connectivity index (χ0v) is 14.9. The van der Waals surface area contributed by atoms with E-state index < -0.39 is 0 Å². The topological polar surface area (TPSA) is 57.0 Å². The Morgan fingerprint density at radius 1 is 1.20 bits per heavy atom. The maximum absolute atomic E-state index is 12.2. The highest BCUT2D eigenvalue weighted by Gasteiger charge is 2.19. The Labute approximate surface area is 151 Å². The first-order valence-corrected chi connectivity index (χ1v) is 8.70. The highest BCUT2D eigenvalue weighted by Crippen LogP contribution is 2.35. The van der Waals surface area contributed by atoms with Gasteiger partial charge in [0.1, 0.15) is 10.0 Å². The Morgan fingerprint density at radius 2 is 1.96 bits per heavy atom. The lowest BCUT2D eigenvalue weighted by Gasteiger charge is -2.20. The number of rotatable bonds is 4. The Morgan fingerprint density at radius 3 is 2.64 bits per heavy atom. The summed E-state index contributed by atoms with van der Waals surface area (Å²) in [6, 6.07) is 19.4. The SMILES string of the molecule is CC(=O)N(Cc1cccc(C#N)c1)c1sc(-c2ccccc2)nc1C. The highest BCUT2D eigenvalue weighted by molar-refractivity contribution is 7.19. The van der Waals surface area contributed by atoms with Crippen LogP contribution < -0.4 is 4.90 Å². The van der Waals surface area contributed by atoms with Crippen LogP contribution in [0.1, 0.15) is 23.7 Å². The molecular weight excluding hydrogens is 330 g/mol. The fourth-order valence-electron chi connectivity index (χ4n) is 2.59. The van der Waals surface area contributed by atoms with Crippen LogP contribution in [0.25, 0.3) is 10.6 Å². The minimum Gasteiger partial charge on any atom is -0.298 e. The number of anilines is 1. The summed E-state index contributed by atoms with van der Waals surface area (Å²) in [4.78, 5) is 18.6. The number of aromatic nitrogens is 1. The number of aryl methyl sites for hydroxylation is 1. The summed E-state index contributed by atoms with van der Waals surface area (Å²) < 4.78 is 0. The predicted molar refractivity (Wildman–Crippen MR) is 100 cm³/mol. The number of amides is 1. The van der Waals surface area contributed by atoms with Gasteiger partial charge in [-0.25, -0.2) is 4.98 Å². The molecule has 4 nitrogen and oxygen atoms in total. The monoisotopic (exact) mass is 347 g/mol. The fraction of sp³-hybridized carbons (Fsp3) is 0.150. The van der Waals surface area contributed by atoms with Crippen LogP contribution in [0.5, 0.6) is 0 Å². The molecule has 25 heavy (non-hydrogen) atoms. The number of nitrogens with zero attached hydrogens (tertiary/aromatic N) is 3. The molecule has 3 aromatic rings. The zero-order chi connectivity index (χ0) is 17.8. The molecular formula is C20H17N3OS. The summed E-state index contributed by atoms with van der Waals surface area (Å²) >= 11 is 1.51. The van der Waals surface area contributed by atoms with Crippen LogP contribution in [0.15, 0.2) is 54.6 Å². The third-order valence-corrected chi connectivity index (χ3v) is 5.04. The average molecular weight is 347 g/mol. The molecule has 0 spiro atoms. The first-order valence-electron chi connectivity index (χ1n) is 7.88. The molecule has 1 amide bonds. The fourth-order valence-corrected chi connectivity index (χ4v) is 3.71. The standard InChI is InChI=1S/C20H17N3OS/c1-14-20(25-19(22-14)18-9-4-3-5-10-18)23(15(2)24)13-17-8-6-7-16(11-17)12-21/h3-11H,13H2,1-2H3. The van der Waals surface area contributed by atoms with E-state index in [4.69, 9.17) is 5.26 Å². The number of hydrogen-bond donors (Lipinski definition) is 0. The Hall–Kier alpha value is -2.97. The van der Waals surface area contributed by atoms with Crippen molar-refractivity contribution in [1.29, 1.82) is 5.26 Å². The van der Waals surface area contributed by atoms with E-state index in [9.17, 15) is 4.79 Å². The Balaban J connectivity index is 1.95. The van der Waals surface area contributed by atoms with Crippen molar-refractivity contribution in [2.24, 2.45) is 0 Å². The second-order valence-electron chi connectivity index (χ2n) is 5.69. The minimum absolute atomic E-state index is 0.0475. The van der Waals surface area contributed by atoms with Crippen LogP contribution in [0.4, 0.5) is 5.00 Å². The lowest BCUT2D eigenvalue weighted by atomic mass is 10.1. The summed E-state index contributed by atoms with van der Waals surface area (Å²) in [6.45, 7) is 3.89. The zero-order valence-electron chi connectivity index (χ0n) is 14.1. The van der Waals surface area contributed by atoms with Gasteiger partial charge >= 0.3 is 0 Å². The van der Waals surface area contributed by atoms with Gasteiger partial charge in [-0.2, -0.15) is 5.26 Å². The number of thiazole rings is 1. The van der Waals surface area contributed by atoms with Crippen LogP contribution in [0.2, 0.25) is 0 Å². The predicted octanol–water partition coefficient (Wildman–Crippen LogP) is 4.54. The first-order chi connectivity index (χ1) is 12.1. The van der Waals surface area contributed by atoms with Gasteiger partial charge in [-0.05, 0) is 24.6 Å².